The summed E-state index contributed by atoms with van der Waals surface area (Å²) in [6.07, 6.45) is 0.233. The third-order valence-electron chi connectivity index (χ3n) is 4.73. The second-order valence-corrected chi connectivity index (χ2v) is 7.20. The number of amides is 3. The van der Waals surface area contributed by atoms with Crippen LogP contribution in [0.5, 0.6) is 11.5 Å². The van der Waals surface area contributed by atoms with Crippen molar-refractivity contribution >= 4 is 34.9 Å². The monoisotopic (exact) mass is 401 g/mol. The summed E-state index contributed by atoms with van der Waals surface area (Å²) in [6.45, 7) is 3.28. The zero-order valence-electron chi connectivity index (χ0n) is 15.3. The van der Waals surface area contributed by atoms with Crippen LogP contribution < -0.4 is 25.0 Å². The molecule has 0 spiro atoms. The summed E-state index contributed by atoms with van der Waals surface area (Å²) >= 11 is 6.08. The lowest BCUT2D eigenvalue weighted by molar-refractivity contribution is -0.117. The average Bonchev–Trinajstić information content (AvgIpc) is 3.04. The molecule has 2 N–H and O–H groups in total. The van der Waals surface area contributed by atoms with Crippen LogP contribution in [0, 0.1) is 6.92 Å². The summed E-state index contributed by atoms with van der Waals surface area (Å²) in [6, 6.07) is 10.1. The maximum Gasteiger partial charge on any atom is 0.319 e. The number of nitrogens with one attached hydrogen (secondary N) is 2. The quantitative estimate of drug-likeness (QED) is 0.826. The lowest BCUT2D eigenvalue weighted by Gasteiger charge is -2.22. The fourth-order valence-electron chi connectivity index (χ4n) is 3.28. The third-order valence-corrected chi connectivity index (χ3v) is 5.13. The van der Waals surface area contributed by atoms with Crippen molar-refractivity contribution in [3.8, 4) is 11.5 Å². The highest BCUT2D eigenvalue weighted by molar-refractivity contribution is 6.31. The minimum atomic E-state index is -0.373. The number of rotatable bonds is 3. The molecule has 0 unspecified atom stereocenters. The van der Waals surface area contributed by atoms with Crippen LogP contribution in [0.3, 0.4) is 0 Å². The van der Waals surface area contributed by atoms with Gasteiger partial charge in [0.15, 0.2) is 11.5 Å². The van der Waals surface area contributed by atoms with E-state index >= 15 is 0 Å². The molecule has 2 aromatic rings. The second-order valence-electron chi connectivity index (χ2n) is 6.80. The van der Waals surface area contributed by atoms with E-state index in [-0.39, 0.29) is 24.4 Å². The summed E-state index contributed by atoms with van der Waals surface area (Å²) in [5.74, 6) is 1.25. The minimum Gasteiger partial charge on any atom is -0.486 e. The van der Waals surface area contributed by atoms with Gasteiger partial charge in [0.05, 0.1) is 6.04 Å². The molecular formula is C20H20ClN3O4. The smallest absolute Gasteiger partial charge is 0.319 e. The first-order valence-corrected chi connectivity index (χ1v) is 9.41. The first-order valence-electron chi connectivity index (χ1n) is 9.03. The SMILES string of the molecule is Cc1ccc(NC(=O)N[C@H]2CC(=O)N(c3ccc4c(c3)OCCO4)C2)cc1Cl. The summed E-state index contributed by atoms with van der Waals surface area (Å²) < 4.78 is 11.1. The van der Waals surface area contributed by atoms with Crippen molar-refractivity contribution in [3.05, 3.63) is 47.0 Å². The van der Waals surface area contributed by atoms with Gasteiger partial charge in [-0.25, -0.2) is 4.79 Å². The minimum absolute atomic E-state index is 0.0552. The average molecular weight is 402 g/mol. The van der Waals surface area contributed by atoms with Crippen molar-refractivity contribution in [1.82, 2.24) is 5.32 Å². The molecule has 1 fully saturated rings. The van der Waals surface area contributed by atoms with Gasteiger partial charge < -0.3 is 25.0 Å². The van der Waals surface area contributed by atoms with E-state index in [0.29, 0.717) is 42.0 Å². The summed E-state index contributed by atoms with van der Waals surface area (Å²) in [7, 11) is 0. The molecule has 7 nitrogen and oxygen atoms in total. The zero-order valence-corrected chi connectivity index (χ0v) is 16.1. The van der Waals surface area contributed by atoms with Crippen LogP contribution in [0.4, 0.5) is 16.2 Å². The predicted molar refractivity (Wildman–Crippen MR) is 107 cm³/mol. The van der Waals surface area contributed by atoms with Gasteiger partial charge in [-0.2, -0.15) is 0 Å². The topological polar surface area (TPSA) is 79.9 Å². The Bertz CT molecular complexity index is 934. The van der Waals surface area contributed by atoms with E-state index in [4.69, 9.17) is 21.1 Å². The van der Waals surface area contributed by atoms with Crippen LogP contribution in [-0.2, 0) is 4.79 Å². The molecule has 2 aliphatic rings. The van der Waals surface area contributed by atoms with Gasteiger partial charge in [0, 0.05) is 35.4 Å². The van der Waals surface area contributed by atoms with Crippen LogP contribution in [-0.4, -0.2) is 37.7 Å². The molecular weight excluding hydrogens is 382 g/mol. The highest BCUT2D eigenvalue weighted by atomic mass is 35.5. The van der Waals surface area contributed by atoms with Crippen LogP contribution in [0.15, 0.2) is 36.4 Å². The van der Waals surface area contributed by atoms with Gasteiger partial charge in [0.2, 0.25) is 5.91 Å². The Labute approximate surface area is 167 Å². The number of carbonyl (C=O) groups excluding carboxylic acids is 2. The lowest BCUT2D eigenvalue weighted by atomic mass is 10.2. The van der Waals surface area contributed by atoms with E-state index in [1.165, 1.54) is 0 Å². The van der Waals surface area contributed by atoms with Gasteiger partial charge in [-0.3, -0.25) is 4.79 Å². The third kappa shape index (κ3) is 3.84. The molecule has 1 saturated heterocycles. The Morgan fingerprint density at radius 1 is 1.14 bits per heavy atom. The highest BCUT2D eigenvalue weighted by Crippen LogP contribution is 2.35. The fourth-order valence-corrected chi connectivity index (χ4v) is 3.46. The standard InChI is InChI=1S/C20H20ClN3O4/c1-12-2-3-13(8-16(12)21)22-20(26)23-14-9-19(25)24(11-14)15-4-5-17-18(10-15)28-7-6-27-17/h2-5,8,10,14H,6-7,9,11H2,1H3,(H2,22,23,26)/t14-/m0/s1. The molecule has 146 valence electrons. The first-order chi connectivity index (χ1) is 13.5. The molecule has 0 aromatic heterocycles. The second kappa shape index (κ2) is 7.59. The number of urea groups is 1. The van der Waals surface area contributed by atoms with Crippen molar-refractivity contribution in [2.45, 2.75) is 19.4 Å². The predicted octanol–water partition coefficient (Wildman–Crippen LogP) is 3.35. The molecule has 1 atom stereocenters. The van der Waals surface area contributed by atoms with Crippen molar-refractivity contribution < 1.29 is 19.1 Å². The number of hydrogen-bond donors (Lipinski definition) is 2. The van der Waals surface area contributed by atoms with Crippen molar-refractivity contribution in [2.24, 2.45) is 0 Å². The van der Waals surface area contributed by atoms with Crippen LogP contribution in [0.25, 0.3) is 0 Å². The molecule has 8 heteroatoms. The highest BCUT2D eigenvalue weighted by Gasteiger charge is 2.32. The molecule has 2 aliphatic heterocycles. The number of fused-ring (bicyclic) bond motifs is 1. The Hall–Kier alpha value is -2.93. The van der Waals surface area contributed by atoms with E-state index < -0.39 is 0 Å². The van der Waals surface area contributed by atoms with Gasteiger partial charge in [0.25, 0.3) is 0 Å². The van der Waals surface area contributed by atoms with Crippen molar-refractivity contribution in [3.63, 3.8) is 0 Å². The van der Waals surface area contributed by atoms with Crippen LogP contribution in [0.2, 0.25) is 5.02 Å². The van der Waals surface area contributed by atoms with Gasteiger partial charge in [-0.15, -0.1) is 0 Å². The first kappa shape index (κ1) is 18.4. The van der Waals surface area contributed by atoms with E-state index in [1.807, 2.05) is 19.1 Å². The number of hydrogen-bond acceptors (Lipinski definition) is 4. The molecule has 0 bridgehead atoms. The largest absolute Gasteiger partial charge is 0.486 e. The summed E-state index contributed by atoms with van der Waals surface area (Å²) in [5.41, 5.74) is 2.26. The molecule has 2 aromatic carbocycles. The molecule has 2 heterocycles. The van der Waals surface area contributed by atoms with E-state index in [9.17, 15) is 9.59 Å². The Balaban J connectivity index is 1.39. The number of anilines is 2. The molecule has 0 saturated carbocycles. The van der Waals surface area contributed by atoms with Crippen molar-refractivity contribution in [2.75, 3.05) is 30.0 Å². The molecule has 28 heavy (non-hydrogen) atoms. The van der Waals surface area contributed by atoms with Crippen molar-refractivity contribution in [1.29, 1.82) is 0 Å². The normalized spacial score (nSPS) is 18.1. The summed E-state index contributed by atoms with van der Waals surface area (Å²) in [5, 5.41) is 6.17. The maximum atomic E-state index is 12.4. The van der Waals surface area contributed by atoms with E-state index in [0.717, 1.165) is 11.3 Å². The number of ether oxygens (including phenoxy) is 2. The molecule has 4 rings (SSSR count). The van der Waals surface area contributed by atoms with Gasteiger partial charge in [-0.1, -0.05) is 17.7 Å². The van der Waals surface area contributed by atoms with Gasteiger partial charge in [0.1, 0.15) is 13.2 Å². The number of halogens is 1. The summed E-state index contributed by atoms with van der Waals surface area (Å²) in [4.78, 5) is 26.4. The van der Waals surface area contributed by atoms with Crippen LogP contribution in [0.1, 0.15) is 12.0 Å². The number of aryl methyl sites for hydroxylation is 1. The Morgan fingerprint density at radius 3 is 2.71 bits per heavy atom. The molecule has 3 amide bonds. The molecule has 0 aliphatic carbocycles. The fraction of sp³-hybridized carbons (Fsp3) is 0.300. The van der Waals surface area contributed by atoms with E-state index in [1.54, 1.807) is 29.2 Å². The Kier molecular flexibility index (Phi) is 5.00. The van der Waals surface area contributed by atoms with Crippen LogP contribution >= 0.6 is 11.6 Å². The van der Waals surface area contributed by atoms with E-state index in [2.05, 4.69) is 10.6 Å². The number of carbonyl (C=O) groups is 2. The number of nitrogens with zero attached hydrogens (tertiary/aromatic N) is 1. The maximum absolute atomic E-state index is 12.4. The van der Waals surface area contributed by atoms with Gasteiger partial charge >= 0.3 is 6.03 Å². The molecule has 0 radical (unpaired) electrons. The van der Waals surface area contributed by atoms with Gasteiger partial charge in [-0.05, 0) is 36.8 Å². The number of benzene rings is 2. The zero-order chi connectivity index (χ0) is 19.7. The lowest BCUT2D eigenvalue weighted by Crippen LogP contribution is -2.39. The Morgan fingerprint density at radius 2 is 1.93 bits per heavy atom.